The van der Waals surface area contributed by atoms with E-state index < -0.39 is 10.5 Å². The van der Waals surface area contributed by atoms with Crippen molar-refractivity contribution >= 4 is 5.69 Å². The molecule has 2 aromatic rings. The summed E-state index contributed by atoms with van der Waals surface area (Å²) in [6.07, 6.45) is 11.6. The Morgan fingerprint density at radius 3 is 2.58 bits per heavy atom. The van der Waals surface area contributed by atoms with Crippen molar-refractivity contribution < 1.29 is 14.8 Å². The van der Waals surface area contributed by atoms with E-state index in [-0.39, 0.29) is 11.1 Å². The summed E-state index contributed by atoms with van der Waals surface area (Å²) in [7, 11) is 0. The van der Waals surface area contributed by atoms with Crippen molar-refractivity contribution in [3.63, 3.8) is 0 Å². The first-order chi connectivity index (χ1) is 14.8. The van der Waals surface area contributed by atoms with E-state index in [1.54, 1.807) is 12.1 Å². The third kappa shape index (κ3) is 3.04. The number of non-ortho nitro benzene ring substituents is 1. The van der Waals surface area contributed by atoms with Gasteiger partial charge in [0.1, 0.15) is 17.1 Å². The smallest absolute Gasteiger partial charge is 0.269 e. The largest absolute Gasteiger partial charge is 0.457 e. The molecule has 3 aliphatic carbocycles. The second-order valence-corrected chi connectivity index (χ2v) is 9.63. The fourth-order valence-electron chi connectivity index (χ4n) is 6.65. The minimum atomic E-state index is -0.967. The van der Waals surface area contributed by atoms with E-state index in [9.17, 15) is 15.2 Å². The zero-order valence-electron chi connectivity index (χ0n) is 17.7. The van der Waals surface area contributed by atoms with E-state index in [2.05, 4.69) is 25.0 Å². The number of ether oxygens (including phenoxy) is 1. The fraction of sp³-hybridized carbons (Fsp3) is 0.462. The lowest BCUT2D eigenvalue weighted by molar-refractivity contribution is -0.384. The molecule has 5 nitrogen and oxygen atoms in total. The lowest BCUT2D eigenvalue weighted by atomic mass is 9.53. The molecule has 31 heavy (non-hydrogen) atoms. The first kappa shape index (κ1) is 20.1. The molecular weight excluding hydrogens is 390 g/mol. The Labute approximate surface area is 182 Å². The highest BCUT2D eigenvalue weighted by Gasteiger charge is 2.61. The normalized spacial score (nSPS) is 33.5. The summed E-state index contributed by atoms with van der Waals surface area (Å²) in [5.41, 5.74) is 1.64. The minimum absolute atomic E-state index is 0.0526. The summed E-state index contributed by atoms with van der Waals surface area (Å²) in [6, 6.07) is 12.5. The number of nitro groups is 1. The van der Waals surface area contributed by atoms with E-state index in [4.69, 9.17) is 11.2 Å². The molecule has 2 fully saturated rings. The molecule has 0 saturated heterocycles. The number of rotatable bonds is 3. The van der Waals surface area contributed by atoms with Gasteiger partial charge in [0.05, 0.1) is 4.92 Å². The van der Waals surface area contributed by atoms with E-state index in [0.29, 0.717) is 29.9 Å². The van der Waals surface area contributed by atoms with Crippen LogP contribution in [0.1, 0.15) is 56.1 Å². The van der Waals surface area contributed by atoms with Crippen LogP contribution in [0.5, 0.6) is 11.5 Å². The highest BCUT2D eigenvalue weighted by Crippen LogP contribution is 2.64. The van der Waals surface area contributed by atoms with Gasteiger partial charge in [-0.3, -0.25) is 10.1 Å². The maximum Gasteiger partial charge on any atom is 0.269 e. The number of benzene rings is 2. The maximum absolute atomic E-state index is 11.1. The van der Waals surface area contributed by atoms with Crippen LogP contribution < -0.4 is 4.74 Å². The standard InChI is InChI=1S/C26H27NO4/c1-3-26(28)15-13-24-23-10-4-17-16-20(31-19-7-5-18(6-8-19)27(29)30)9-11-21(17)22(23)12-14-25(24,26)2/h1,5-9,11,16,22-24,28H,4,10,12-15H2,2H3/t22-,23-,24+,25-,26-/m0/s1. The third-order valence-corrected chi connectivity index (χ3v) is 8.37. The van der Waals surface area contributed by atoms with Gasteiger partial charge in [0.2, 0.25) is 0 Å². The first-order valence-electron chi connectivity index (χ1n) is 11.1. The number of aliphatic hydroxyl groups is 1. The van der Waals surface area contributed by atoms with Crippen molar-refractivity contribution in [1.82, 2.24) is 0 Å². The van der Waals surface area contributed by atoms with Crippen molar-refractivity contribution in [2.24, 2.45) is 17.3 Å². The van der Waals surface area contributed by atoms with Crippen molar-refractivity contribution in [2.75, 3.05) is 0 Å². The van der Waals surface area contributed by atoms with E-state index >= 15 is 0 Å². The molecule has 160 valence electrons. The molecule has 5 atom stereocenters. The van der Waals surface area contributed by atoms with Crippen LogP contribution in [0.4, 0.5) is 5.69 Å². The monoisotopic (exact) mass is 417 g/mol. The Morgan fingerprint density at radius 1 is 1.13 bits per heavy atom. The Kier molecular flexibility index (Phi) is 4.60. The van der Waals surface area contributed by atoms with Gasteiger partial charge in [0, 0.05) is 17.5 Å². The van der Waals surface area contributed by atoms with Crippen molar-refractivity contribution in [2.45, 2.75) is 57.0 Å². The van der Waals surface area contributed by atoms with E-state index in [1.807, 2.05) is 6.07 Å². The van der Waals surface area contributed by atoms with Gasteiger partial charge in [-0.05, 0) is 91.7 Å². The molecular formula is C26H27NO4. The average Bonchev–Trinajstić information content (AvgIpc) is 3.05. The zero-order chi connectivity index (χ0) is 21.8. The first-order valence-corrected chi connectivity index (χ1v) is 11.1. The molecule has 2 saturated carbocycles. The topological polar surface area (TPSA) is 72.6 Å². The van der Waals surface area contributed by atoms with Crippen molar-refractivity contribution in [3.05, 3.63) is 63.7 Å². The molecule has 0 amide bonds. The minimum Gasteiger partial charge on any atom is -0.457 e. The van der Waals surface area contributed by atoms with Crippen LogP contribution in [0, 0.1) is 39.7 Å². The van der Waals surface area contributed by atoms with Gasteiger partial charge in [-0.15, -0.1) is 6.42 Å². The highest BCUT2D eigenvalue weighted by atomic mass is 16.6. The number of hydrogen-bond acceptors (Lipinski definition) is 4. The van der Waals surface area contributed by atoms with Gasteiger partial charge in [-0.1, -0.05) is 18.9 Å². The summed E-state index contributed by atoms with van der Waals surface area (Å²) in [5.74, 6) is 5.63. The molecule has 0 bridgehead atoms. The van der Waals surface area contributed by atoms with Crippen LogP contribution in [0.25, 0.3) is 0 Å². The van der Waals surface area contributed by atoms with Crippen LogP contribution >= 0.6 is 0 Å². The molecule has 0 aliphatic heterocycles. The summed E-state index contributed by atoms with van der Waals surface area (Å²) in [4.78, 5) is 10.4. The van der Waals surface area contributed by atoms with Gasteiger partial charge in [0.25, 0.3) is 5.69 Å². The molecule has 2 aromatic carbocycles. The third-order valence-electron chi connectivity index (χ3n) is 8.37. The fourth-order valence-corrected chi connectivity index (χ4v) is 6.65. The lowest BCUT2D eigenvalue weighted by Gasteiger charge is -2.52. The summed E-state index contributed by atoms with van der Waals surface area (Å²) in [5, 5.41) is 21.9. The van der Waals surface area contributed by atoms with Crippen LogP contribution in [0.15, 0.2) is 42.5 Å². The van der Waals surface area contributed by atoms with Crippen LogP contribution in [-0.4, -0.2) is 15.6 Å². The summed E-state index contributed by atoms with van der Waals surface area (Å²) >= 11 is 0. The number of terminal acetylenes is 1. The molecule has 0 spiro atoms. The van der Waals surface area contributed by atoms with Crippen LogP contribution in [-0.2, 0) is 6.42 Å². The molecule has 5 rings (SSSR count). The van der Waals surface area contributed by atoms with Gasteiger partial charge in [-0.25, -0.2) is 0 Å². The average molecular weight is 418 g/mol. The molecule has 0 aromatic heterocycles. The van der Waals surface area contributed by atoms with Crippen LogP contribution in [0.2, 0.25) is 0 Å². The zero-order valence-corrected chi connectivity index (χ0v) is 17.7. The van der Waals surface area contributed by atoms with Crippen molar-refractivity contribution in [3.8, 4) is 23.8 Å². The van der Waals surface area contributed by atoms with Crippen molar-refractivity contribution in [1.29, 1.82) is 0 Å². The second kappa shape index (κ2) is 7.10. The summed E-state index contributed by atoms with van der Waals surface area (Å²) in [6.45, 7) is 2.21. The highest BCUT2D eigenvalue weighted by molar-refractivity contribution is 5.44. The van der Waals surface area contributed by atoms with E-state index in [0.717, 1.165) is 37.9 Å². The Balaban J connectivity index is 1.37. The van der Waals surface area contributed by atoms with Gasteiger partial charge in [-0.2, -0.15) is 0 Å². The molecule has 1 N–H and O–H groups in total. The molecule has 3 aliphatic rings. The lowest BCUT2D eigenvalue weighted by Crippen LogP contribution is -2.50. The van der Waals surface area contributed by atoms with E-state index in [1.165, 1.54) is 23.3 Å². The van der Waals surface area contributed by atoms with Gasteiger partial charge < -0.3 is 9.84 Å². The Hall–Kier alpha value is -2.84. The molecule has 0 unspecified atom stereocenters. The maximum atomic E-state index is 11.1. The number of aryl methyl sites for hydroxylation is 1. The quantitative estimate of drug-likeness (QED) is 0.400. The van der Waals surface area contributed by atoms with Gasteiger partial charge >= 0.3 is 0 Å². The second-order valence-electron chi connectivity index (χ2n) is 9.63. The molecule has 5 heteroatoms. The predicted molar refractivity (Wildman–Crippen MR) is 118 cm³/mol. The number of fused-ring (bicyclic) bond motifs is 5. The number of hydrogen-bond donors (Lipinski definition) is 1. The van der Waals surface area contributed by atoms with Crippen LogP contribution in [0.3, 0.4) is 0 Å². The van der Waals surface area contributed by atoms with Gasteiger partial charge in [0.15, 0.2) is 0 Å². The SMILES string of the molecule is C#C[C@]1(O)CC[C@@H]2[C@H]3CCc4cc(Oc5ccc([N+](=O)[O-])cc5)ccc4[C@@H]3CC[C@@]21C. The Morgan fingerprint density at radius 2 is 1.87 bits per heavy atom. The Bertz CT molecular complexity index is 1070. The summed E-state index contributed by atoms with van der Waals surface area (Å²) < 4.78 is 5.96. The number of nitrogens with zero attached hydrogens (tertiary/aromatic N) is 1. The number of nitro benzene ring substituents is 1. The predicted octanol–water partition coefficient (Wildman–Crippen LogP) is 5.61. The molecule has 0 heterocycles. The molecule has 0 radical (unpaired) electrons.